The van der Waals surface area contributed by atoms with E-state index in [9.17, 15) is 16.8 Å². The van der Waals surface area contributed by atoms with Crippen molar-refractivity contribution in [3.63, 3.8) is 0 Å². The predicted molar refractivity (Wildman–Crippen MR) is 76.0 cm³/mol. The number of sulfone groups is 1. The number of benzene rings is 1. The summed E-state index contributed by atoms with van der Waals surface area (Å²) in [7, 11) is -6.68. The maximum Gasteiger partial charge on any atom is 0.243 e. The Morgan fingerprint density at radius 3 is 2.55 bits per heavy atom. The molecule has 0 aliphatic carbocycles. The summed E-state index contributed by atoms with van der Waals surface area (Å²) in [6.45, 7) is 0.904. The lowest BCUT2D eigenvalue weighted by atomic mass is 10.2. The van der Waals surface area contributed by atoms with Gasteiger partial charge in [-0.05, 0) is 30.2 Å². The average Bonchev–Trinajstić information content (AvgIpc) is 2.85. The number of nitrogens with zero attached hydrogens (tertiary/aromatic N) is 1. The van der Waals surface area contributed by atoms with E-state index in [2.05, 4.69) is 5.32 Å². The molecule has 2 aliphatic rings. The van der Waals surface area contributed by atoms with E-state index < -0.39 is 19.9 Å². The summed E-state index contributed by atoms with van der Waals surface area (Å²) >= 11 is 0. The molecule has 1 fully saturated rings. The summed E-state index contributed by atoms with van der Waals surface area (Å²) < 4.78 is 49.0. The van der Waals surface area contributed by atoms with Gasteiger partial charge in [0.1, 0.15) is 0 Å². The Hall–Kier alpha value is -1.12. The smallest absolute Gasteiger partial charge is 0.243 e. The van der Waals surface area contributed by atoms with Crippen LogP contribution < -0.4 is 5.32 Å². The van der Waals surface area contributed by atoms with Crippen LogP contribution in [-0.2, 0) is 26.3 Å². The fraction of sp³-hybridized carbons (Fsp3) is 0.500. The quantitative estimate of drug-likeness (QED) is 0.835. The van der Waals surface area contributed by atoms with Crippen LogP contribution in [-0.4, -0.2) is 52.3 Å². The van der Waals surface area contributed by atoms with Crippen molar-refractivity contribution in [3.05, 3.63) is 23.8 Å². The lowest BCUT2D eigenvalue weighted by molar-refractivity contribution is 0.430. The molecule has 20 heavy (non-hydrogen) atoms. The molecule has 110 valence electrons. The van der Waals surface area contributed by atoms with E-state index in [0.29, 0.717) is 0 Å². The Kier molecular flexibility index (Phi) is 3.26. The van der Waals surface area contributed by atoms with Crippen LogP contribution in [0.25, 0.3) is 0 Å². The van der Waals surface area contributed by atoms with Crippen molar-refractivity contribution in [1.82, 2.24) is 4.31 Å². The van der Waals surface area contributed by atoms with Crippen molar-refractivity contribution in [1.29, 1.82) is 0 Å². The van der Waals surface area contributed by atoms with Gasteiger partial charge in [0, 0.05) is 25.3 Å². The standard InChI is InChI=1S/C12H16N2O4S2/c15-19(16)7-5-14(6-8-19)20(17,18)11-1-2-12-10(9-11)3-4-13-12/h1-2,9,13H,3-8H2. The number of rotatable bonds is 2. The molecular weight excluding hydrogens is 300 g/mol. The van der Waals surface area contributed by atoms with E-state index in [-0.39, 0.29) is 29.5 Å². The molecule has 8 heteroatoms. The zero-order chi connectivity index (χ0) is 14.4. The maximum atomic E-state index is 12.5. The van der Waals surface area contributed by atoms with E-state index in [4.69, 9.17) is 0 Å². The molecule has 0 amide bonds. The Labute approximate surface area is 118 Å². The van der Waals surface area contributed by atoms with Gasteiger partial charge in [-0.25, -0.2) is 16.8 Å². The molecule has 0 bridgehead atoms. The third-order valence-corrected chi connectivity index (χ3v) is 7.23. The number of sulfonamides is 1. The SMILES string of the molecule is O=S1(=O)CCN(S(=O)(=O)c2ccc3c(c2)CCN3)CC1. The molecule has 0 radical (unpaired) electrons. The lowest BCUT2D eigenvalue weighted by Crippen LogP contribution is -2.43. The van der Waals surface area contributed by atoms with Gasteiger partial charge in [0.15, 0.2) is 9.84 Å². The number of hydrogen-bond donors (Lipinski definition) is 1. The lowest BCUT2D eigenvalue weighted by Gasteiger charge is -2.26. The van der Waals surface area contributed by atoms with E-state index in [0.717, 1.165) is 24.2 Å². The second kappa shape index (κ2) is 4.71. The van der Waals surface area contributed by atoms with Crippen molar-refractivity contribution in [2.45, 2.75) is 11.3 Å². The summed E-state index contributed by atoms with van der Waals surface area (Å²) in [6, 6.07) is 5.04. The summed E-state index contributed by atoms with van der Waals surface area (Å²) in [5.41, 5.74) is 1.97. The van der Waals surface area contributed by atoms with Crippen molar-refractivity contribution >= 4 is 25.5 Å². The Morgan fingerprint density at radius 1 is 1.15 bits per heavy atom. The average molecular weight is 316 g/mol. The summed E-state index contributed by atoms with van der Waals surface area (Å²) in [4.78, 5) is 0.249. The van der Waals surface area contributed by atoms with Crippen molar-refractivity contribution in [2.24, 2.45) is 0 Å². The van der Waals surface area contributed by atoms with Gasteiger partial charge in [0.2, 0.25) is 10.0 Å². The molecule has 0 unspecified atom stereocenters. The highest BCUT2D eigenvalue weighted by atomic mass is 32.2. The third kappa shape index (κ3) is 2.43. The third-order valence-electron chi connectivity index (χ3n) is 3.73. The highest BCUT2D eigenvalue weighted by Gasteiger charge is 2.31. The minimum atomic E-state index is -3.59. The summed E-state index contributed by atoms with van der Waals surface area (Å²) in [6.07, 6.45) is 0.813. The van der Waals surface area contributed by atoms with Crippen LogP contribution in [0.15, 0.2) is 23.1 Å². The second-order valence-electron chi connectivity index (χ2n) is 5.05. The molecule has 1 aromatic carbocycles. The fourth-order valence-corrected chi connectivity index (χ4v) is 5.45. The van der Waals surface area contributed by atoms with Gasteiger partial charge >= 0.3 is 0 Å². The largest absolute Gasteiger partial charge is 0.384 e. The number of nitrogens with one attached hydrogen (secondary N) is 1. The van der Waals surface area contributed by atoms with Crippen molar-refractivity contribution in [3.8, 4) is 0 Å². The zero-order valence-corrected chi connectivity index (χ0v) is 12.5. The maximum absolute atomic E-state index is 12.5. The first kappa shape index (κ1) is 13.8. The summed E-state index contributed by atoms with van der Waals surface area (Å²) in [5, 5.41) is 3.18. The van der Waals surface area contributed by atoms with Crippen LogP contribution in [0.1, 0.15) is 5.56 Å². The Morgan fingerprint density at radius 2 is 1.85 bits per heavy atom. The van der Waals surface area contributed by atoms with Gasteiger partial charge < -0.3 is 5.32 Å². The van der Waals surface area contributed by atoms with E-state index in [1.54, 1.807) is 18.2 Å². The molecule has 1 saturated heterocycles. The van der Waals surface area contributed by atoms with Crippen LogP contribution in [0.4, 0.5) is 5.69 Å². The van der Waals surface area contributed by atoms with Crippen LogP contribution in [0, 0.1) is 0 Å². The predicted octanol–water partition coefficient (Wildman–Crippen LogP) is 0.0737. The minimum Gasteiger partial charge on any atom is -0.384 e. The van der Waals surface area contributed by atoms with Crippen molar-refractivity contribution in [2.75, 3.05) is 36.5 Å². The highest BCUT2D eigenvalue weighted by Crippen LogP contribution is 2.27. The van der Waals surface area contributed by atoms with E-state index >= 15 is 0 Å². The molecule has 2 aliphatic heterocycles. The Bertz CT molecular complexity index is 727. The van der Waals surface area contributed by atoms with Crippen molar-refractivity contribution < 1.29 is 16.8 Å². The normalized spacial score (nSPS) is 22.2. The topological polar surface area (TPSA) is 83.6 Å². The molecular formula is C12H16N2O4S2. The van der Waals surface area contributed by atoms with Gasteiger partial charge in [-0.15, -0.1) is 0 Å². The number of fused-ring (bicyclic) bond motifs is 1. The monoisotopic (exact) mass is 316 g/mol. The molecule has 6 nitrogen and oxygen atoms in total. The van der Waals surface area contributed by atoms with Crippen LogP contribution >= 0.6 is 0 Å². The van der Waals surface area contributed by atoms with Gasteiger partial charge in [-0.1, -0.05) is 0 Å². The molecule has 1 N–H and O–H groups in total. The minimum absolute atomic E-state index is 0.0417. The second-order valence-corrected chi connectivity index (χ2v) is 9.29. The molecule has 2 heterocycles. The first-order valence-corrected chi connectivity index (χ1v) is 9.72. The zero-order valence-electron chi connectivity index (χ0n) is 10.9. The molecule has 0 saturated carbocycles. The number of anilines is 1. The van der Waals surface area contributed by atoms with Gasteiger partial charge in [0.25, 0.3) is 0 Å². The highest BCUT2D eigenvalue weighted by molar-refractivity contribution is 7.92. The fourth-order valence-electron chi connectivity index (χ4n) is 2.53. The molecule has 0 aromatic heterocycles. The van der Waals surface area contributed by atoms with Crippen LogP contribution in [0.5, 0.6) is 0 Å². The molecule has 0 atom stereocenters. The first-order chi connectivity index (χ1) is 9.38. The Balaban J connectivity index is 1.89. The first-order valence-electron chi connectivity index (χ1n) is 6.46. The van der Waals surface area contributed by atoms with Gasteiger partial charge in [-0.3, -0.25) is 0 Å². The molecule has 0 spiro atoms. The number of hydrogen-bond acceptors (Lipinski definition) is 5. The van der Waals surface area contributed by atoms with Crippen LogP contribution in [0.3, 0.4) is 0 Å². The van der Waals surface area contributed by atoms with Crippen LogP contribution in [0.2, 0.25) is 0 Å². The molecule has 1 aromatic rings. The van der Waals surface area contributed by atoms with Gasteiger partial charge in [-0.2, -0.15) is 4.31 Å². The van der Waals surface area contributed by atoms with E-state index in [1.807, 2.05) is 0 Å². The van der Waals surface area contributed by atoms with E-state index in [1.165, 1.54) is 4.31 Å². The molecule has 3 rings (SSSR count). The van der Waals surface area contributed by atoms with Gasteiger partial charge in [0.05, 0.1) is 16.4 Å². The summed E-state index contributed by atoms with van der Waals surface area (Å²) in [5.74, 6) is -0.197.